The van der Waals surface area contributed by atoms with Gasteiger partial charge in [-0.2, -0.15) is 0 Å². The van der Waals surface area contributed by atoms with Gasteiger partial charge >= 0.3 is 0 Å². The van der Waals surface area contributed by atoms with Crippen molar-refractivity contribution >= 4 is 80.8 Å². The van der Waals surface area contributed by atoms with E-state index in [1.807, 2.05) is 0 Å². The summed E-state index contributed by atoms with van der Waals surface area (Å²) in [7, 11) is 0. The molecule has 0 heterocycles. The first-order valence-electron chi connectivity index (χ1n) is 18.0. The average molecular weight is 899 g/mol. The van der Waals surface area contributed by atoms with E-state index in [1.165, 1.54) is 38.1 Å². The molecule has 0 aliphatic heterocycles. The molecule has 1 rings (SSSR count). The Morgan fingerprint density at radius 2 is 1.20 bits per heavy atom. The highest BCUT2D eigenvalue weighted by molar-refractivity contribution is 9.09. The molecule has 0 aromatic heterocycles. The predicted octanol–water partition coefficient (Wildman–Crippen LogP) is -4.66. The minimum atomic E-state index is -1.63. The Bertz CT molecular complexity index is 1740. The van der Waals surface area contributed by atoms with E-state index >= 15 is 0 Å². The number of carbonyl (C=O) groups excluding carboxylic acids is 8. The number of benzene rings is 1. The largest absolute Gasteiger partial charge is 0.370 e. The summed E-state index contributed by atoms with van der Waals surface area (Å²) in [6.45, 7) is 1.95. The molecule has 1 aromatic rings. The zero-order valence-electron chi connectivity index (χ0n) is 32.5. The molecule has 17 N–H and O–H groups in total. The number of nitro benzene ring substituents is 1. The van der Waals surface area contributed by atoms with Crippen LogP contribution in [0.15, 0.2) is 34.3 Å². The summed E-state index contributed by atoms with van der Waals surface area (Å²) in [4.78, 5) is 119. The van der Waals surface area contributed by atoms with Gasteiger partial charge in [0.05, 0.1) is 23.5 Å². The second kappa shape index (κ2) is 26.3. The number of primary amides is 1. The molecule has 1 aromatic carbocycles. The van der Waals surface area contributed by atoms with Gasteiger partial charge in [0.2, 0.25) is 47.3 Å². The molecule has 59 heavy (non-hydrogen) atoms. The number of amides is 8. The molecule has 0 aliphatic rings. The number of carbonyl (C=O) groups is 8. The highest BCUT2D eigenvalue weighted by Gasteiger charge is 2.31. The van der Waals surface area contributed by atoms with Gasteiger partial charge in [0.1, 0.15) is 29.0 Å². The van der Waals surface area contributed by atoms with Crippen LogP contribution in [0.4, 0.5) is 5.69 Å². The topological polar surface area (TPSA) is 419 Å². The maximum absolute atomic E-state index is 13.6. The zero-order chi connectivity index (χ0) is 44.7. The van der Waals surface area contributed by atoms with Gasteiger partial charge in [-0.1, -0.05) is 34.1 Å². The van der Waals surface area contributed by atoms with Gasteiger partial charge in [-0.3, -0.25) is 58.5 Å². The van der Waals surface area contributed by atoms with E-state index in [-0.39, 0.29) is 75.0 Å². The normalized spacial score (nSPS) is 13.0. The van der Waals surface area contributed by atoms with E-state index in [1.54, 1.807) is 0 Å². The summed E-state index contributed by atoms with van der Waals surface area (Å²) in [5.74, 6) is -6.77. The molecule has 26 heteroatoms. The van der Waals surface area contributed by atoms with Gasteiger partial charge < -0.3 is 65.9 Å². The molecule has 0 saturated carbocycles. The Balaban J connectivity index is 3.04. The van der Waals surface area contributed by atoms with Gasteiger partial charge in [-0.05, 0) is 32.6 Å². The van der Waals surface area contributed by atoms with E-state index in [9.17, 15) is 48.5 Å². The van der Waals surface area contributed by atoms with Gasteiger partial charge in [0, 0.05) is 39.2 Å². The highest BCUT2D eigenvalue weighted by atomic mass is 79.9. The Hall–Kier alpha value is -6.60. The van der Waals surface area contributed by atoms with Gasteiger partial charge in [0.15, 0.2) is 11.9 Å². The summed E-state index contributed by atoms with van der Waals surface area (Å²) in [5, 5.41) is 28.4. The standard InChI is InChI=1S/C33H52BrN15O10/c1-17(27(53)40-13-14-41-31(57)26(34)19-7-3-4-10-23(19)49(58)59)45-30(56)22(15-24(35)51)48-29(55)21(9-6-12-43-33(38)39)47-28(54)20(8-5-11-42-32(36)37)46-25(52)16-44-18(2)50/h3-4,7,10,17,20-22,26H,5-6,8-9,11-16H2,1-2H3,(H2,35,51)(H,40,53)(H,41,57)(H,44,50)(H,45,56)(H,46,52)(H,47,54)(H,48,55)(H4,36,37,42)(H4,38,39,43)/t17-,20-,21-,22-,26?/m0/s1. The lowest BCUT2D eigenvalue weighted by Gasteiger charge is -2.25. The number of nitro groups is 1. The fraction of sp³-hybridized carbons (Fsp3) is 0.515. The number of nitrogens with two attached hydrogens (primary N) is 5. The van der Waals surface area contributed by atoms with Crippen molar-refractivity contribution in [3.63, 3.8) is 0 Å². The van der Waals surface area contributed by atoms with Crippen LogP contribution < -0.4 is 65.9 Å². The molecule has 0 aliphatic carbocycles. The molecule has 0 spiro atoms. The number of hydrogen-bond acceptors (Lipinski definition) is 12. The lowest BCUT2D eigenvalue weighted by Crippen LogP contribution is -2.58. The predicted molar refractivity (Wildman–Crippen MR) is 216 cm³/mol. The van der Waals surface area contributed by atoms with Crippen molar-refractivity contribution in [2.75, 3.05) is 32.7 Å². The Labute approximate surface area is 346 Å². The minimum Gasteiger partial charge on any atom is -0.370 e. The highest BCUT2D eigenvalue weighted by Crippen LogP contribution is 2.30. The van der Waals surface area contributed by atoms with Crippen LogP contribution in [0.2, 0.25) is 0 Å². The molecule has 8 amide bonds. The van der Waals surface area contributed by atoms with Crippen LogP contribution >= 0.6 is 15.9 Å². The van der Waals surface area contributed by atoms with Gasteiger partial charge in [-0.15, -0.1) is 0 Å². The van der Waals surface area contributed by atoms with E-state index in [2.05, 4.69) is 63.1 Å². The van der Waals surface area contributed by atoms with E-state index < -0.39 is 94.1 Å². The summed E-state index contributed by atoms with van der Waals surface area (Å²) in [6, 6.07) is 0.148. The summed E-state index contributed by atoms with van der Waals surface area (Å²) in [5.41, 5.74) is 26.7. The number of halogens is 1. The molecule has 326 valence electrons. The fourth-order valence-electron chi connectivity index (χ4n) is 4.95. The molecule has 5 atom stereocenters. The maximum Gasteiger partial charge on any atom is 0.274 e. The van der Waals surface area contributed by atoms with E-state index in [4.69, 9.17) is 28.7 Å². The van der Waals surface area contributed by atoms with Crippen molar-refractivity contribution < 1.29 is 43.3 Å². The van der Waals surface area contributed by atoms with Crippen molar-refractivity contribution in [2.45, 2.75) is 74.9 Å². The van der Waals surface area contributed by atoms with Crippen molar-refractivity contribution in [1.29, 1.82) is 0 Å². The number of hydrogen-bond donors (Lipinski definition) is 12. The van der Waals surface area contributed by atoms with Gasteiger partial charge in [-0.25, -0.2) is 0 Å². The number of alkyl halides is 1. The van der Waals surface area contributed by atoms with Crippen LogP contribution in [0.5, 0.6) is 0 Å². The van der Waals surface area contributed by atoms with E-state index in [0.717, 1.165) is 0 Å². The maximum atomic E-state index is 13.6. The third-order valence-corrected chi connectivity index (χ3v) is 8.73. The van der Waals surface area contributed by atoms with Crippen LogP contribution in [-0.4, -0.2) is 121 Å². The SMILES string of the molecule is CC(=O)NCC(=O)N[C@@H](CCCN=C(N)N)C(=O)N[C@@H](CCCN=C(N)N)C(=O)N[C@@H](CC(N)=O)C(=O)N[C@@H](C)C(=O)NCCNC(=O)C(Br)c1ccccc1[N+](=O)[O-]. The average Bonchev–Trinajstić information content (AvgIpc) is 3.16. The lowest BCUT2D eigenvalue weighted by molar-refractivity contribution is -0.385. The lowest BCUT2D eigenvalue weighted by atomic mass is 10.1. The van der Waals surface area contributed by atoms with Crippen molar-refractivity contribution in [1.82, 2.24) is 37.2 Å². The molecule has 1 unspecified atom stereocenters. The Morgan fingerprint density at radius 3 is 1.71 bits per heavy atom. The zero-order valence-corrected chi connectivity index (χ0v) is 34.0. The molecule has 0 bridgehead atoms. The molecule has 0 fully saturated rings. The smallest absolute Gasteiger partial charge is 0.274 e. The molecular weight excluding hydrogens is 846 g/mol. The van der Waals surface area contributed by atoms with Crippen LogP contribution in [0, 0.1) is 10.1 Å². The molecular formula is C33H52BrN15O10. The minimum absolute atomic E-state index is 0.00863. The number of aliphatic imine (C=N–C) groups is 2. The third kappa shape index (κ3) is 20.4. The third-order valence-electron chi connectivity index (χ3n) is 7.82. The first-order valence-corrected chi connectivity index (χ1v) is 18.9. The Kier molecular flexibility index (Phi) is 22.5. The van der Waals surface area contributed by atoms with Gasteiger partial charge in [0.25, 0.3) is 5.69 Å². The van der Waals surface area contributed by atoms with Crippen molar-refractivity contribution in [2.24, 2.45) is 38.7 Å². The quantitative estimate of drug-likeness (QED) is 0.0104. The second-order valence-corrected chi connectivity index (χ2v) is 13.6. The molecule has 25 nitrogen and oxygen atoms in total. The number of nitrogens with one attached hydrogen (secondary N) is 7. The van der Waals surface area contributed by atoms with Crippen LogP contribution in [0.1, 0.15) is 56.3 Å². The fourth-order valence-corrected chi connectivity index (χ4v) is 5.50. The van der Waals surface area contributed by atoms with Crippen molar-refractivity contribution in [3.05, 3.63) is 39.9 Å². The number of para-hydroxylation sites is 1. The first kappa shape index (κ1) is 50.4. The summed E-state index contributed by atoms with van der Waals surface area (Å²) < 4.78 is 0. The van der Waals surface area contributed by atoms with E-state index in [0.29, 0.717) is 0 Å². The number of nitrogens with zero attached hydrogens (tertiary/aromatic N) is 3. The first-order chi connectivity index (χ1) is 27.7. The Morgan fingerprint density at radius 1 is 0.712 bits per heavy atom. The summed E-state index contributed by atoms with van der Waals surface area (Å²) >= 11 is 3.14. The second-order valence-electron chi connectivity index (χ2n) is 12.7. The number of rotatable bonds is 26. The number of guanidine groups is 2. The van der Waals surface area contributed by atoms with Crippen molar-refractivity contribution in [3.8, 4) is 0 Å². The molecule has 0 saturated heterocycles. The summed E-state index contributed by atoms with van der Waals surface area (Å²) in [6.07, 6.45) is -0.491. The molecule has 0 radical (unpaired) electrons. The van der Waals surface area contributed by atoms with Crippen LogP contribution in [-0.2, 0) is 38.4 Å². The van der Waals surface area contributed by atoms with Crippen LogP contribution in [0.25, 0.3) is 0 Å². The van der Waals surface area contributed by atoms with Crippen LogP contribution in [0.3, 0.4) is 0 Å². The monoisotopic (exact) mass is 897 g/mol.